The van der Waals surface area contributed by atoms with Gasteiger partial charge >= 0.3 is 0 Å². The van der Waals surface area contributed by atoms with Gasteiger partial charge in [-0.2, -0.15) is 0 Å². The fourth-order valence-corrected chi connectivity index (χ4v) is 2.02. The molecule has 4 nitrogen and oxygen atoms in total. The van der Waals surface area contributed by atoms with Gasteiger partial charge < -0.3 is 9.88 Å². The molecule has 2 aromatic rings. The summed E-state index contributed by atoms with van der Waals surface area (Å²) in [7, 11) is 0. The van der Waals surface area contributed by atoms with Gasteiger partial charge in [-0.15, -0.1) is 0 Å². The number of nitrogens with zero attached hydrogens (tertiary/aromatic N) is 2. The first-order valence-corrected chi connectivity index (χ1v) is 5.71. The highest BCUT2D eigenvalue weighted by Gasteiger charge is 2.14. The molecule has 0 radical (unpaired) electrons. The topological polar surface area (TPSA) is 46.9 Å². The van der Waals surface area contributed by atoms with Gasteiger partial charge in [0.2, 0.25) is 5.91 Å². The molecule has 1 aliphatic rings. The summed E-state index contributed by atoms with van der Waals surface area (Å²) >= 11 is 0. The molecular weight excluding hydrogens is 214 g/mol. The summed E-state index contributed by atoms with van der Waals surface area (Å²) in [4.78, 5) is 15.8. The smallest absolute Gasteiger partial charge is 0.222 e. The average molecular weight is 227 g/mol. The van der Waals surface area contributed by atoms with E-state index in [0.29, 0.717) is 19.5 Å². The summed E-state index contributed by atoms with van der Waals surface area (Å²) in [6.45, 7) is 1.23. The number of hydrogen-bond donors (Lipinski definition) is 1. The van der Waals surface area contributed by atoms with Crippen LogP contribution in [0.1, 0.15) is 12.2 Å². The summed E-state index contributed by atoms with van der Waals surface area (Å²) in [5.74, 6) is 1.02. The van der Waals surface area contributed by atoms with Crippen molar-refractivity contribution in [3.8, 4) is 11.3 Å². The first-order chi connectivity index (χ1) is 8.33. The van der Waals surface area contributed by atoms with Crippen LogP contribution in [-0.4, -0.2) is 15.5 Å². The fraction of sp³-hybridized carbons (Fsp3) is 0.231. The van der Waals surface area contributed by atoms with Gasteiger partial charge in [0.15, 0.2) is 0 Å². The number of carbonyl (C=O) groups is 1. The van der Waals surface area contributed by atoms with E-state index >= 15 is 0 Å². The minimum absolute atomic E-state index is 0.0942. The molecule has 86 valence electrons. The van der Waals surface area contributed by atoms with Gasteiger partial charge in [-0.25, -0.2) is 4.98 Å². The van der Waals surface area contributed by atoms with E-state index in [-0.39, 0.29) is 5.91 Å². The van der Waals surface area contributed by atoms with Crippen molar-refractivity contribution in [3.63, 3.8) is 0 Å². The molecule has 0 atom stereocenters. The summed E-state index contributed by atoms with van der Waals surface area (Å²) in [6, 6.07) is 10.1. The van der Waals surface area contributed by atoms with Gasteiger partial charge in [-0.3, -0.25) is 4.79 Å². The number of aromatic nitrogens is 2. The van der Waals surface area contributed by atoms with E-state index in [9.17, 15) is 4.79 Å². The summed E-state index contributed by atoms with van der Waals surface area (Å²) in [6.07, 6.45) is 2.54. The van der Waals surface area contributed by atoms with Gasteiger partial charge in [0.05, 0.1) is 12.2 Å². The Morgan fingerprint density at radius 2 is 2.06 bits per heavy atom. The lowest BCUT2D eigenvalue weighted by Crippen LogP contribution is -2.20. The first-order valence-electron chi connectivity index (χ1n) is 5.71. The zero-order chi connectivity index (χ0) is 11.7. The molecule has 0 unspecified atom stereocenters. The van der Waals surface area contributed by atoms with Crippen molar-refractivity contribution in [2.24, 2.45) is 0 Å². The van der Waals surface area contributed by atoms with E-state index in [1.54, 1.807) is 0 Å². The lowest BCUT2D eigenvalue weighted by molar-refractivity contribution is -0.121. The Morgan fingerprint density at radius 1 is 1.24 bits per heavy atom. The molecule has 0 saturated carbocycles. The summed E-state index contributed by atoms with van der Waals surface area (Å²) in [5.41, 5.74) is 2.08. The second-order valence-electron chi connectivity index (χ2n) is 4.13. The van der Waals surface area contributed by atoms with Gasteiger partial charge in [-0.05, 0) is 0 Å². The van der Waals surface area contributed by atoms with Crippen molar-refractivity contribution in [3.05, 3.63) is 42.4 Å². The van der Waals surface area contributed by atoms with Crippen LogP contribution >= 0.6 is 0 Å². The number of hydrogen-bond acceptors (Lipinski definition) is 2. The Labute approximate surface area is 99.3 Å². The second kappa shape index (κ2) is 4.05. The Kier molecular flexibility index (Phi) is 2.40. The van der Waals surface area contributed by atoms with Crippen molar-refractivity contribution >= 4 is 5.91 Å². The third-order valence-corrected chi connectivity index (χ3v) is 2.95. The Balaban J connectivity index is 1.96. The molecule has 1 N–H and O–H groups in total. The predicted octanol–water partition coefficient (Wildman–Crippen LogP) is 1.57. The van der Waals surface area contributed by atoms with E-state index in [2.05, 4.69) is 14.9 Å². The average Bonchev–Trinajstić information content (AvgIpc) is 2.71. The van der Waals surface area contributed by atoms with Crippen LogP contribution < -0.4 is 5.32 Å². The molecule has 4 heteroatoms. The highest BCUT2D eigenvalue weighted by atomic mass is 16.1. The molecule has 0 fully saturated rings. The number of aryl methyl sites for hydroxylation is 1. The lowest BCUT2D eigenvalue weighted by atomic mass is 10.2. The van der Waals surface area contributed by atoms with Gasteiger partial charge in [0.1, 0.15) is 5.82 Å². The van der Waals surface area contributed by atoms with Crippen molar-refractivity contribution in [1.29, 1.82) is 0 Å². The maximum absolute atomic E-state index is 11.3. The van der Waals surface area contributed by atoms with E-state index in [4.69, 9.17) is 0 Å². The standard InChI is InChI=1S/C13H13N3O/c17-13-6-7-16-9-11(15-12(16)8-14-13)10-4-2-1-3-5-10/h1-5,9H,6-8H2,(H,14,17). The second-order valence-corrected chi connectivity index (χ2v) is 4.13. The predicted molar refractivity (Wildman–Crippen MR) is 64.1 cm³/mol. The maximum Gasteiger partial charge on any atom is 0.222 e. The third kappa shape index (κ3) is 1.93. The first kappa shape index (κ1) is 10.1. The molecular formula is C13H13N3O. The quantitative estimate of drug-likeness (QED) is 0.803. The van der Waals surface area contributed by atoms with Crippen LogP contribution in [0, 0.1) is 0 Å². The van der Waals surface area contributed by atoms with E-state index in [1.807, 2.05) is 36.5 Å². The lowest BCUT2D eigenvalue weighted by Gasteiger charge is -1.98. The van der Waals surface area contributed by atoms with Crippen molar-refractivity contribution in [1.82, 2.24) is 14.9 Å². The number of amides is 1. The van der Waals surface area contributed by atoms with E-state index < -0.39 is 0 Å². The van der Waals surface area contributed by atoms with Crippen LogP contribution in [0.5, 0.6) is 0 Å². The number of carbonyl (C=O) groups excluding carboxylic acids is 1. The number of imidazole rings is 1. The molecule has 1 aromatic heterocycles. The minimum Gasteiger partial charge on any atom is -0.349 e. The molecule has 0 saturated heterocycles. The third-order valence-electron chi connectivity index (χ3n) is 2.95. The van der Waals surface area contributed by atoms with Crippen LogP contribution in [0.2, 0.25) is 0 Å². The zero-order valence-electron chi connectivity index (χ0n) is 9.39. The molecule has 2 heterocycles. The van der Waals surface area contributed by atoms with Crippen molar-refractivity contribution in [2.75, 3.05) is 0 Å². The molecule has 0 spiro atoms. The van der Waals surface area contributed by atoms with Crippen LogP contribution in [0.3, 0.4) is 0 Å². The number of benzene rings is 1. The molecule has 1 amide bonds. The van der Waals surface area contributed by atoms with Crippen LogP contribution in [0.4, 0.5) is 0 Å². The molecule has 0 bridgehead atoms. The normalized spacial score (nSPS) is 14.9. The van der Waals surface area contributed by atoms with Gasteiger partial charge in [0.25, 0.3) is 0 Å². The highest BCUT2D eigenvalue weighted by molar-refractivity contribution is 5.76. The zero-order valence-corrected chi connectivity index (χ0v) is 9.39. The minimum atomic E-state index is 0.0942. The van der Waals surface area contributed by atoms with Gasteiger partial charge in [-0.1, -0.05) is 30.3 Å². The van der Waals surface area contributed by atoms with Crippen LogP contribution in [-0.2, 0) is 17.9 Å². The fourth-order valence-electron chi connectivity index (χ4n) is 2.02. The van der Waals surface area contributed by atoms with E-state index in [0.717, 1.165) is 17.1 Å². The maximum atomic E-state index is 11.3. The molecule has 1 aliphatic heterocycles. The van der Waals surface area contributed by atoms with Crippen LogP contribution in [0.15, 0.2) is 36.5 Å². The molecule has 1 aromatic carbocycles. The van der Waals surface area contributed by atoms with Crippen molar-refractivity contribution < 1.29 is 4.79 Å². The molecule has 0 aliphatic carbocycles. The van der Waals surface area contributed by atoms with Gasteiger partial charge in [0, 0.05) is 24.7 Å². The summed E-state index contributed by atoms with van der Waals surface area (Å²) in [5, 5.41) is 2.84. The SMILES string of the molecule is O=C1CCn2cc(-c3ccccc3)nc2CN1. The molecule has 17 heavy (non-hydrogen) atoms. The number of nitrogens with one attached hydrogen (secondary N) is 1. The van der Waals surface area contributed by atoms with E-state index in [1.165, 1.54) is 0 Å². The monoisotopic (exact) mass is 227 g/mol. The number of rotatable bonds is 1. The highest BCUT2D eigenvalue weighted by Crippen LogP contribution is 2.19. The molecule has 3 rings (SSSR count). The largest absolute Gasteiger partial charge is 0.349 e. The van der Waals surface area contributed by atoms with Crippen LogP contribution in [0.25, 0.3) is 11.3 Å². The number of fused-ring (bicyclic) bond motifs is 1. The summed E-state index contributed by atoms with van der Waals surface area (Å²) < 4.78 is 2.06. The Morgan fingerprint density at radius 3 is 2.88 bits per heavy atom. The Bertz CT molecular complexity index is 518. The Hall–Kier alpha value is -2.10. The van der Waals surface area contributed by atoms with Crippen molar-refractivity contribution in [2.45, 2.75) is 19.5 Å².